The van der Waals surface area contributed by atoms with Crippen molar-refractivity contribution >= 4 is 42.7 Å². The minimum absolute atomic E-state index is 0.00604. The first-order chi connectivity index (χ1) is 25.8. The highest BCUT2D eigenvalue weighted by Crippen LogP contribution is 2.20. The predicted octanol–water partition coefficient (Wildman–Crippen LogP) is 3.36. The van der Waals surface area contributed by atoms with Crippen LogP contribution in [0.2, 0.25) is 0 Å². The number of Topliss-reactive ketones (excluding diaryl/α,β-unsaturated/α-hetero) is 1. The minimum Gasteiger partial charge on any atom is -0.434 e. The van der Waals surface area contributed by atoms with E-state index in [-0.39, 0.29) is 56.9 Å². The van der Waals surface area contributed by atoms with E-state index in [4.69, 9.17) is 19.3 Å². The zero-order chi connectivity index (χ0) is 39.6. The van der Waals surface area contributed by atoms with Crippen molar-refractivity contribution in [2.75, 3.05) is 72.7 Å². The van der Waals surface area contributed by atoms with Crippen LogP contribution in [0.15, 0.2) is 42.7 Å². The van der Waals surface area contributed by atoms with Gasteiger partial charge in [-0.2, -0.15) is 0 Å². The smallest absolute Gasteiger partial charge is 0.434 e. The maximum absolute atomic E-state index is 10.6. The number of aliphatic hydroxyl groups is 1. The molecule has 300 valence electrons. The molecule has 0 saturated carbocycles. The van der Waals surface area contributed by atoms with Gasteiger partial charge in [-0.05, 0) is 11.6 Å². The molecule has 1 aromatic rings. The van der Waals surface area contributed by atoms with E-state index in [1.807, 2.05) is 44.2 Å². The van der Waals surface area contributed by atoms with Gasteiger partial charge in [0.05, 0.1) is 26.1 Å². The molecule has 0 aromatic heterocycles. The van der Waals surface area contributed by atoms with Gasteiger partial charge in [0.2, 0.25) is 5.78 Å². The predicted molar refractivity (Wildman–Crippen MR) is 173 cm³/mol. The highest BCUT2D eigenvalue weighted by atomic mass is 16.8. The molecular formula is C33H42O21. The number of carbonyl (C=O) groups is 7. The van der Waals surface area contributed by atoms with Crippen LogP contribution in [-0.2, 0) is 73.0 Å². The minimum atomic E-state index is -0.760. The molecule has 1 N–H and O–H groups in total. The molecule has 0 unspecified atom stereocenters. The number of ketones is 1. The Labute approximate surface area is 308 Å². The lowest BCUT2D eigenvalue weighted by molar-refractivity contribution is -0.131. The SMILES string of the molecule is CC1(C)COC(=O)OC1.O=C1COC(=O)OC1.O=C1OC=CCO1.O=C1OCC(O)CO1.O=C1OCC(OCc2ccccc2)CO1.O=C1OCCCO1. The van der Waals surface area contributed by atoms with Crippen LogP contribution in [0.3, 0.4) is 0 Å². The molecule has 0 aliphatic carbocycles. The Kier molecular flexibility index (Phi) is 20.7. The first-order valence-corrected chi connectivity index (χ1v) is 16.1. The monoisotopic (exact) mass is 774 g/mol. The Morgan fingerprint density at radius 2 is 1.13 bits per heavy atom. The number of benzene rings is 1. The van der Waals surface area contributed by atoms with Gasteiger partial charge in [0.1, 0.15) is 58.5 Å². The summed E-state index contributed by atoms with van der Waals surface area (Å²) in [5, 5.41) is 8.62. The lowest BCUT2D eigenvalue weighted by atomic mass is 9.96. The molecule has 0 spiro atoms. The van der Waals surface area contributed by atoms with Gasteiger partial charge in [-0.1, -0.05) is 44.2 Å². The fraction of sp³-hybridized carbons (Fsp3) is 0.545. The summed E-state index contributed by atoms with van der Waals surface area (Å²) in [4.78, 5) is 71.1. The van der Waals surface area contributed by atoms with Crippen molar-refractivity contribution in [3.63, 3.8) is 0 Å². The van der Waals surface area contributed by atoms with Gasteiger partial charge >= 0.3 is 36.9 Å². The van der Waals surface area contributed by atoms with Gasteiger partial charge in [0, 0.05) is 11.8 Å². The zero-order valence-corrected chi connectivity index (χ0v) is 29.5. The molecule has 7 rings (SSSR count). The molecule has 0 atom stereocenters. The lowest BCUT2D eigenvalue weighted by Gasteiger charge is -2.27. The average Bonchev–Trinajstić information content (AvgIpc) is 3.17. The van der Waals surface area contributed by atoms with Gasteiger partial charge in [0.15, 0.2) is 13.2 Å². The normalized spacial score (nSPS) is 19.9. The number of ether oxygens (including phenoxy) is 13. The van der Waals surface area contributed by atoms with Crippen LogP contribution in [0, 0.1) is 5.41 Å². The molecule has 5 saturated heterocycles. The molecule has 21 heteroatoms. The molecule has 0 bridgehead atoms. The zero-order valence-electron chi connectivity index (χ0n) is 29.5. The number of rotatable bonds is 3. The highest BCUT2D eigenvalue weighted by molar-refractivity contribution is 5.86. The highest BCUT2D eigenvalue weighted by Gasteiger charge is 2.28. The van der Waals surface area contributed by atoms with Crippen molar-refractivity contribution in [1.29, 1.82) is 0 Å². The standard InChI is InChI=1S/C11H12O4.C6H10O3.C4H6O4.C4H4O4.C4H6O3.C4H4O3/c12-11-14-7-10(8-15-11)13-6-9-4-2-1-3-5-9;1-6(2)3-8-5(7)9-4-6;2*5-3-1-7-4(6)8-2-3;2*5-4-6-2-1-3-7-4/h1-5,10H,6-8H2;3-4H2,1-2H3;3,5H,1-2H2;1-2H2;1-3H2;1-2H,3H2. The maximum Gasteiger partial charge on any atom is 0.513 e. The molecular weight excluding hydrogens is 732 g/mol. The topological polar surface area (TPSA) is 260 Å². The van der Waals surface area contributed by atoms with E-state index in [1.165, 1.54) is 6.26 Å². The second-order valence-corrected chi connectivity index (χ2v) is 11.5. The van der Waals surface area contributed by atoms with Crippen molar-refractivity contribution in [1.82, 2.24) is 0 Å². The van der Waals surface area contributed by atoms with Crippen molar-refractivity contribution in [2.24, 2.45) is 5.41 Å². The summed E-state index contributed by atoms with van der Waals surface area (Å²) in [5.41, 5.74) is 1.09. The van der Waals surface area contributed by atoms with Crippen LogP contribution in [0.4, 0.5) is 28.8 Å². The Morgan fingerprint density at radius 1 is 0.630 bits per heavy atom. The van der Waals surface area contributed by atoms with E-state index in [1.54, 1.807) is 6.08 Å². The molecule has 0 amide bonds. The Bertz CT molecular complexity index is 1310. The van der Waals surface area contributed by atoms with Gasteiger partial charge in [0.25, 0.3) is 0 Å². The third-order valence-electron chi connectivity index (χ3n) is 6.04. The Hall–Kier alpha value is -5.83. The fourth-order valence-electron chi connectivity index (χ4n) is 3.37. The van der Waals surface area contributed by atoms with Crippen LogP contribution < -0.4 is 0 Å². The van der Waals surface area contributed by atoms with Gasteiger partial charge in [-0.25, -0.2) is 28.8 Å². The van der Waals surface area contributed by atoms with E-state index in [9.17, 15) is 33.6 Å². The molecule has 54 heavy (non-hydrogen) atoms. The first kappa shape index (κ1) is 44.3. The number of hydrogen-bond acceptors (Lipinski definition) is 21. The van der Waals surface area contributed by atoms with Crippen molar-refractivity contribution in [3.05, 3.63) is 48.2 Å². The van der Waals surface area contributed by atoms with Gasteiger partial charge in [-0.3, -0.25) is 4.79 Å². The number of carbonyl (C=O) groups excluding carboxylic acids is 7. The quantitative estimate of drug-likeness (QED) is 0.341. The molecule has 6 aliphatic heterocycles. The molecule has 21 nitrogen and oxygen atoms in total. The van der Waals surface area contributed by atoms with Crippen LogP contribution in [-0.4, -0.2) is 133 Å². The van der Waals surface area contributed by atoms with E-state index in [0.29, 0.717) is 39.6 Å². The maximum atomic E-state index is 10.6. The van der Waals surface area contributed by atoms with Crippen molar-refractivity contribution in [3.8, 4) is 0 Å². The van der Waals surface area contributed by atoms with E-state index in [0.717, 1.165) is 12.0 Å². The molecule has 6 aliphatic rings. The molecule has 0 radical (unpaired) electrons. The summed E-state index contributed by atoms with van der Waals surface area (Å²) in [6, 6.07) is 9.83. The largest absolute Gasteiger partial charge is 0.513 e. The van der Waals surface area contributed by atoms with Crippen LogP contribution >= 0.6 is 0 Å². The first-order valence-electron chi connectivity index (χ1n) is 16.1. The third-order valence-corrected chi connectivity index (χ3v) is 6.04. The summed E-state index contributed by atoms with van der Waals surface area (Å²) < 4.78 is 58.5. The summed E-state index contributed by atoms with van der Waals surface area (Å²) in [6.45, 7) is 7.13. The summed E-state index contributed by atoms with van der Waals surface area (Å²) in [5.74, 6) is -0.204. The van der Waals surface area contributed by atoms with Crippen molar-refractivity contribution in [2.45, 2.75) is 39.1 Å². The number of hydrogen-bond donors (Lipinski definition) is 1. The lowest BCUT2D eigenvalue weighted by Crippen LogP contribution is -2.34. The second-order valence-electron chi connectivity index (χ2n) is 11.5. The van der Waals surface area contributed by atoms with Gasteiger partial charge in [-0.15, -0.1) is 0 Å². The third kappa shape index (κ3) is 22.2. The Balaban J connectivity index is 0.000000230. The molecule has 1 aromatic carbocycles. The van der Waals surface area contributed by atoms with Crippen LogP contribution in [0.5, 0.6) is 0 Å². The van der Waals surface area contributed by atoms with Crippen LogP contribution in [0.25, 0.3) is 0 Å². The molecule has 5 fully saturated rings. The van der Waals surface area contributed by atoms with E-state index in [2.05, 4.69) is 47.4 Å². The summed E-state index contributed by atoms with van der Waals surface area (Å²) in [6.07, 6.45) is -0.841. The summed E-state index contributed by atoms with van der Waals surface area (Å²) >= 11 is 0. The fourth-order valence-corrected chi connectivity index (χ4v) is 3.37. The Morgan fingerprint density at radius 3 is 1.54 bits per heavy atom. The molecule has 6 heterocycles. The number of cyclic esters (lactones) is 12. The average molecular weight is 775 g/mol. The van der Waals surface area contributed by atoms with Gasteiger partial charge < -0.3 is 66.7 Å². The van der Waals surface area contributed by atoms with Crippen LogP contribution in [0.1, 0.15) is 25.8 Å². The summed E-state index contributed by atoms with van der Waals surface area (Å²) in [7, 11) is 0. The van der Waals surface area contributed by atoms with Crippen molar-refractivity contribution < 1.29 is 100 Å². The second kappa shape index (κ2) is 25.2. The van der Waals surface area contributed by atoms with E-state index < -0.39 is 43.0 Å². The van der Waals surface area contributed by atoms with E-state index >= 15 is 0 Å². The number of aliphatic hydroxyl groups excluding tert-OH is 1.